The summed E-state index contributed by atoms with van der Waals surface area (Å²) in [6.07, 6.45) is 0. The maximum absolute atomic E-state index is 5.56. The number of nitrogens with one attached hydrogen (secondary N) is 2. The van der Waals surface area contributed by atoms with Gasteiger partial charge in [0.25, 0.3) is 0 Å². The van der Waals surface area contributed by atoms with Crippen molar-refractivity contribution in [2.45, 2.75) is 6.54 Å². The monoisotopic (exact) mass is 245 g/mol. The Balaban J connectivity index is 1.91. The third kappa shape index (κ3) is 2.04. The van der Waals surface area contributed by atoms with Gasteiger partial charge in [-0.05, 0) is 31.3 Å². The van der Waals surface area contributed by atoms with Gasteiger partial charge >= 0.3 is 0 Å². The number of benzene rings is 1. The van der Waals surface area contributed by atoms with E-state index in [9.17, 15) is 0 Å². The summed E-state index contributed by atoms with van der Waals surface area (Å²) in [7, 11) is 1.91. The Labute approximate surface area is 105 Å². The molecule has 0 amide bonds. The molecule has 18 heavy (non-hydrogen) atoms. The summed E-state index contributed by atoms with van der Waals surface area (Å²) in [5.41, 5.74) is 3.00. The number of aromatic amines is 1. The molecule has 5 nitrogen and oxygen atoms in total. The third-order valence-corrected chi connectivity index (χ3v) is 2.84. The lowest BCUT2D eigenvalue weighted by molar-refractivity contribution is 0.171. The van der Waals surface area contributed by atoms with Crippen molar-refractivity contribution in [2.24, 2.45) is 0 Å². The van der Waals surface area contributed by atoms with Crippen LogP contribution in [0.5, 0.6) is 11.5 Å². The van der Waals surface area contributed by atoms with Crippen LogP contribution in [-0.2, 0) is 6.54 Å². The number of H-pyrrole nitrogens is 1. The number of nitrogens with zero attached hydrogens (tertiary/aromatic N) is 1. The number of hydrogen-bond acceptors (Lipinski definition) is 4. The van der Waals surface area contributed by atoms with Gasteiger partial charge in [0.15, 0.2) is 11.5 Å². The molecule has 1 aromatic heterocycles. The van der Waals surface area contributed by atoms with Crippen LogP contribution in [0, 0.1) is 0 Å². The number of aromatic nitrogens is 2. The second-order valence-corrected chi connectivity index (χ2v) is 4.17. The molecule has 0 radical (unpaired) electrons. The summed E-state index contributed by atoms with van der Waals surface area (Å²) < 4.78 is 11.1. The van der Waals surface area contributed by atoms with Crippen LogP contribution in [0.3, 0.4) is 0 Å². The molecule has 0 spiro atoms. The van der Waals surface area contributed by atoms with Crippen molar-refractivity contribution in [3.05, 3.63) is 30.0 Å². The molecular weight excluding hydrogens is 230 g/mol. The molecule has 0 unspecified atom stereocenters. The van der Waals surface area contributed by atoms with Crippen LogP contribution in [-0.4, -0.2) is 30.5 Å². The van der Waals surface area contributed by atoms with Crippen LogP contribution in [0.4, 0.5) is 0 Å². The molecule has 0 fully saturated rings. The van der Waals surface area contributed by atoms with E-state index in [2.05, 4.69) is 15.5 Å². The average Bonchev–Trinajstić information content (AvgIpc) is 2.87. The molecule has 0 aliphatic carbocycles. The van der Waals surface area contributed by atoms with Crippen molar-refractivity contribution in [1.29, 1.82) is 0 Å². The van der Waals surface area contributed by atoms with E-state index in [0.29, 0.717) is 13.2 Å². The Morgan fingerprint density at radius 2 is 2.06 bits per heavy atom. The van der Waals surface area contributed by atoms with Crippen LogP contribution in [0.15, 0.2) is 24.3 Å². The van der Waals surface area contributed by atoms with Crippen LogP contribution in [0.25, 0.3) is 11.3 Å². The number of rotatable bonds is 3. The molecule has 0 bridgehead atoms. The molecular formula is C13H15N3O2. The Hall–Kier alpha value is -2.01. The van der Waals surface area contributed by atoms with E-state index in [4.69, 9.17) is 9.47 Å². The fraction of sp³-hybridized carbons (Fsp3) is 0.308. The van der Waals surface area contributed by atoms with E-state index < -0.39 is 0 Å². The van der Waals surface area contributed by atoms with Crippen LogP contribution in [0.2, 0.25) is 0 Å². The van der Waals surface area contributed by atoms with E-state index in [-0.39, 0.29) is 0 Å². The van der Waals surface area contributed by atoms with Gasteiger partial charge < -0.3 is 14.8 Å². The van der Waals surface area contributed by atoms with Crippen molar-refractivity contribution in [3.8, 4) is 22.8 Å². The van der Waals surface area contributed by atoms with Gasteiger partial charge in [-0.3, -0.25) is 5.10 Å². The Kier molecular flexibility index (Phi) is 2.90. The van der Waals surface area contributed by atoms with Crippen LogP contribution in [0.1, 0.15) is 5.69 Å². The molecule has 0 atom stereocenters. The molecule has 1 aliphatic rings. The molecule has 2 heterocycles. The van der Waals surface area contributed by atoms with Crippen molar-refractivity contribution < 1.29 is 9.47 Å². The van der Waals surface area contributed by atoms with Crippen LogP contribution < -0.4 is 14.8 Å². The SMILES string of the molecule is CNCc1cc(-c2ccc3c(c2)OCCO3)n[nH]1. The van der Waals surface area contributed by atoms with Crippen molar-refractivity contribution in [2.75, 3.05) is 20.3 Å². The summed E-state index contributed by atoms with van der Waals surface area (Å²) in [4.78, 5) is 0. The first-order valence-corrected chi connectivity index (χ1v) is 5.96. The van der Waals surface area contributed by atoms with E-state index in [1.54, 1.807) is 0 Å². The summed E-state index contributed by atoms with van der Waals surface area (Å²) >= 11 is 0. The van der Waals surface area contributed by atoms with E-state index >= 15 is 0 Å². The summed E-state index contributed by atoms with van der Waals surface area (Å²) in [5, 5.41) is 10.4. The van der Waals surface area contributed by atoms with Crippen molar-refractivity contribution in [1.82, 2.24) is 15.5 Å². The lowest BCUT2D eigenvalue weighted by atomic mass is 10.1. The lowest BCUT2D eigenvalue weighted by Gasteiger charge is -2.18. The zero-order valence-electron chi connectivity index (χ0n) is 10.2. The van der Waals surface area contributed by atoms with Gasteiger partial charge in [-0.1, -0.05) is 0 Å². The minimum atomic E-state index is 0.599. The molecule has 94 valence electrons. The molecule has 1 aromatic carbocycles. The van der Waals surface area contributed by atoms with Gasteiger partial charge in [-0.15, -0.1) is 0 Å². The van der Waals surface area contributed by atoms with Gasteiger partial charge in [0.2, 0.25) is 0 Å². The number of ether oxygens (including phenoxy) is 2. The fourth-order valence-corrected chi connectivity index (χ4v) is 1.99. The molecule has 3 rings (SSSR count). The largest absolute Gasteiger partial charge is 0.486 e. The number of fused-ring (bicyclic) bond motifs is 1. The quantitative estimate of drug-likeness (QED) is 0.861. The molecule has 2 N–H and O–H groups in total. The highest BCUT2D eigenvalue weighted by Crippen LogP contribution is 2.33. The topological polar surface area (TPSA) is 59.2 Å². The summed E-state index contributed by atoms with van der Waals surface area (Å²) in [6, 6.07) is 7.92. The Morgan fingerprint density at radius 3 is 2.89 bits per heavy atom. The molecule has 0 saturated carbocycles. The van der Waals surface area contributed by atoms with Gasteiger partial charge in [0.05, 0.1) is 5.69 Å². The molecule has 5 heteroatoms. The maximum atomic E-state index is 5.56. The maximum Gasteiger partial charge on any atom is 0.162 e. The first kappa shape index (κ1) is 11.1. The average molecular weight is 245 g/mol. The molecule has 1 aliphatic heterocycles. The zero-order chi connectivity index (χ0) is 12.4. The second kappa shape index (κ2) is 4.70. The van der Waals surface area contributed by atoms with Gasteiger partial charge in [-0.2, -0.15) is 5.10 Å². The second-order valence-electron chi connectivity index (χ2n) is 4.17. The van der Waals surface area contributed by atoms with E-state index in [0.717, 1.165) is 35.0 Å². The highest BCUT2D eigenvalue weighted by Gasteiger charge is 2.13. The summed E-state index contributed by atoms with van der Waals surface area (Å²) in [5.74, 6) is 1.59. The summed E-state index contributed by atoms with van der Waals surface area (Å²) in [6.45, 7) is 1.99. The predicted octanol–water partition coefficient (Wildman–Crippen LogP) is 1.57. The van der Waals surface area contributed by atoms with Gasteiger partial charge in [0.1, 0.15) is 13.2 Å². The van der Waals surface area contributed by atoms with Gasteiger partial charge in [0, 0.05) is 17.8 Å². The first-order valence-electron chi connectivity index (χ1n) is 5.96. The van der Waals surface area contributed by atoms with Crippen molar-refractivity contribution >= 4 is 0 Å². The standard InChI is InChI=1S/C13H15N3O2/c1-14-8-10-7-11(16-15-10)9-2-3-12-13(6-9)18-5-4-17-12/h2-3,6-7,14H,4-5,8H2,1H3,(H,15,16). The minimum absolute atomic E-state index is 0.599. The highest BCUT2D eigenvalue weighted by atomic mass is 16.6. The highest BCUT2D eigenvalue weighted by molar-refractivity contribution is 5.64. The van der Waals surface area contributed by atoms with Crippen LogP contribution >= 0.6 is 0 Å². The fourth-order valence-electron chi connectivity index (χ4n) is 1.99. The lowest BCUT2D eigenvalue weighted by Crippen LogP contribution is -2.15. The minimum Gasteiger partial charge on any atom is -0.486 e. The van der Waals surface area contributed by atoms with E-state index in [1.165, 1.54) is 0 Å². The molecule has 0 saturated heterocycles. The molecule has 2 aromatic rings. The Bertz CT molecular complexity index is 551. The Morgan fingerprint density at radius 1 is 1.22 bits per heavy atom. The normalized spacial score (nSPS) is 13.6. The zero-order valence-corrected chi connectivity index (χ0v) is 10.2. The predicted molar refractivity (Wildman–Crippen MR) is 67.8 cm³/mol. The smallest absolute Gasteiger partial charge is 0.162 e. The first-order chi connectivity index (χ1) is 8.86. The number of hydrogen-bond donors (Lipinski definition) is 2. The van der Waals surface area contributed by atoms with Gasteiger partial charge in [-0.25, -0.2) is 0 Å². The van der Waals surface area contributed by atoms with E-state index in [1.807, 2.05) is 31.3 Å². The van der Waals surface area contributed by atoms with Crippen molar-refractivity contribution in [3.63, 3.8) is 0 Å². The third-order valence-electron chi connectivity index (χ3n) is 2.84.